The van der Waals surface area contributed by atoms with Gasteiger partial charge < -0.3 is 14.6 Å². The van der Waals surface area contributed by atoms with Gasteiger partial charge in [0, 0.05) is 12.6 Å². The van der Waals surface area contributed by atoms with Gasteiger partial charge in [-0.3, -0.25) is 9.69 Å². The molecule has 0 aliphatic heterocycles. The number of carbonyl (C=O) groups excluding carboxylic acids is 1. The highest BCUT2D eigenvalue weighted by Gasteiger charge is 2.22. The molecule has 0 saturated carbocycles. The van der Waals surface area contributed by atoms with Crippen molar-refractivity contribution in [1.29, 1.82) is 0 Å². The number of anilines is 2. The first-order valence-electron chi connectivity index (χ1n) is 11.1. The van der Waals surface area contributed by atoms with Gasteiger partial charge in [0.05, 0.1) is 11.3 Å². The van der Waals surface area contributed by atoms with E-state index in [0.717, 1.165) is 11.3 Å². The highest BCUT2D eigenvalue weighted by atomic mass is 16.5. The number of aryl methyl sites for hydroxylation is 1. The first-order valence-corrected chi connectivity index (χ1v) is 11.1. The van der Waals surface area contributed by atoms with Crippen molar-refractivity contribution < 1.29 is 24.2 Å². The Morgan fingerprint density at radius 1 is 0.771 bits per heavy atom. The molecule has 35 heavy (non-hydrogen) atoms. The van der Waals surface area contributed by atoms with Gasteiger partial charge in [0.15, 0.2) is 0 Å². The molecule has 0 saturated heterocycles. The van der Waals surface area contributed by atoms with Crippen LogP contribution < -0.4 is 14.4 Å². The lowest BCUT2D eigenvalue weighted by atomic mass is 10.1. The Kier molecular flexibility index (Phi) is 7.12. The maximum absolute atomic E-state index is 12.5. The topological polar surface area (TPSA) is 76.1 Å². The maximum Gasteiger partial charge on any atom is 0.337 e. The second-order valence-corrected chi connectivity index (χ2v) is 7.97. The zero-order valence-corrected chi connectivity index (χ0v) is 19.5. The molecule has 1 amide bonds. The van der Waals surface area contributed by atoms with Crippen LogP contribution in [0.2, 0.25) is 0 Å². The summed E-state index contributed by atoms with van der Waals surface area (Å²) in [4.78, 5) is 25.7. The minimum Gasteiger partial charge on any atom is -0.489 e. The highest BCUT2D eigenvalue weighted by molar-refractivity contribution is 6.06. The number of nitrogens with zero attached hydrogens (tertiary/aromatic N) is 1. The van der Waals surface area contributed by atoms with Gasteiger partial charge in [-0.25, -0.2) is 4.79 Å². The Hall–Kier alpha value is -4.58. The number of rotatable bonds is 8. The summed E-state index contributed by atoms with van der Waals surface area (Å²) >= 11 is 0. The molecule has 0 atom stereocenters. The van der Waals surface area contributed by atoms with Gasteiger partial charge >= 0.3 is 5.97 Å². The lowest BCUT2D eigenvalue weighted by Crippen LogP contribution is -2.25. The summed E-state index contributed by atoms with van der Waals surface area (Å²) < 4.78 is 11.7. The van der Waals surface area contributed by atoms with Gasteiger partial charge in [0.1, 0.15) is 23.9 Å². The van der Waals surface area contributed by atoms with Gasteiger partial charge in [0.2, 0.25) is 5.91 Å². The van der Waals surface area contributed by atoms with Crippen LogP contribution in [0.5, 0.6) is 17.2 Å². The normalized spacial score (nSPS) is 10.5. The van der Waals surface area contributed by atoms with Crippen LogP contribution in [0.4, 0.5) is 11.4 Å². The van der Waals surface area contributed by atoms with E-state index in [1.54, 1.807) is 43.3 Å². The number of carboxylic acids is 1. The molecule has 0 bridgehead atoms. The molecule has 176 valence electrons. The van der Waals surface area contributed by atoms with Crippen molar-refractivity contribution in [1.82, 2.24) is 0 Å². The second kappa shape index (κ2) is 10.6. The number of carboxylic acid groups (broad SMARTS) is 1. The molecule has 0 aliphatic carbocycles. The number of amides is 1. The van der Waals surface area contributed by atoms with Crippen molar-refractivity contribution in [3.05, 3.63) is 114 Å². The molecule has 4 rings (SSSR count). The lowest BCUT2D eigenvalue weighted by Gasteiger charge is -2.25. The molecular formula is C29H25NO5. The van der Waals surface area contributed by atoms with E-state index in [1.807, 2.05) is 54.6 Å². The molecule has 1 N–H and O–H groups in total. The summed E-state index contributed by atoms with van der Waals surface area (Å²) in [5, 5.41) is 9.62. The molecule has 0 aliphatic rings. The fourth-order valence-electron chi connectivity index (χ4n) is 3.74. The molecule has 4 aromatic carbocycles. The zero-order chi connectivity index (χ0) is 24.8. The number of hydrogen-bond acceptors (Lipinski definition) is 4. The van der Waals surface area contributed by atoms with Crippen molar-refractivity contribution in [3.8, 4) is 17.2 Å². The quantitative estimate of drug-likeness (QED) is 0.310. The van der Waals surface area contributed by atoms with E-state index in [-0.39, 0.29) is 11.5 Å². The third kappa shape index (κ3) is 5.68. The number of benzene rings is 4. The molecular weight excluding hydrogens is 442 g/mol. The summed E-state index contributed by atoms with van der Waals surface area (Å²) in [5.41, 5.74) is 2.75. The number of carbonyl (C=O) groups is 2. The van der Waals surface area contributed by atoms with E-state index in [9.17, 15) is 14.7 Å². The number of hydrogen-bond donors (Lipinski definition) is 1. The van der Waals surface area contributed by atoms with E-state index in [2.05, 4.69) is 0 Å². The average Bonchev–Trinajstić information content (AvgIpc) is 2.86. The standard InChI is InChI=1S/C29H25NO5/c1-20-7-6-10-27(29(32)33)28(20)30(21(2)31)23-11-13-25(14-12-23)35-26-17-15-24(16-18-26)34-19-22-8-4-3-5-9-22/h3-18H,19H2,1-2H3,(H,32,33). The molecule has 0 spiro atoms. The molecule has 0 aromatic heterocycles. The first kappa shape index (κ1) is 23.6. The van der Waals surface area contributed by atoms with Gasteiger partial charge in [0.25, 0.3) is 0 Å². The summed E-state index contributed by atoms with van der Waals surface area (Å²) in [6.45, 7) is 3.67. The molecule has 4 aromatic rings. The van der Waals surface area contributed by atoms with E-state index in [4.69, 9.17) is 9.47 Å². The number of aromatic carboxylic acids is 1. The number of para-hydroxylation sites is 1. The van der Waals surface area contributed by atoms with E-state index in [1.165, 1.54) is 17.9 Å². The predicted octanol–water partition coefficient (Wildman–Crippen LogP) is 6.75. The fourth-order valence-corrected chi connectivity index (χ4v) is 3.74. The lowest BCUT2D eigenvalue weighted by molar-refractivity contribution is -0.115. The zero-order valence-electron chi connectivity index (χ0n) is 19.5. The van der Waals surface area contributed by atoms with Crippen LogP contribution >= 0.6 is 0 Å². The van der Waals surface area contributed by atoms with E-state index >= 15 is 0 Å². The predicted molar refractivity (Wildman–Crippen MR) is 135 cm³/mol. The highest BCUT2D eigenvalue weighted by Crippen LogP contribution is 2.34. The summed E-state index contributed by atoms with van der Waals surface area (Å²) in [7, 11) is 0. The van der Waals surface area contributed by atoms with E-state index < -0.39 is 5.97 Å². The third-order valence-electron chi connectivity index (χ3n) is 5.41. The Bertz CT molecular complexity index is 1320. The van der Waals surface area contributed by atoms with Gasteiger partial charge in [-0.05, 0) is 72.6 Å². The van der Waals surface area contributed by atoms with E-state index in [0.29, 0.717) is 35.0 Å². The minimum absolute atomic E-state index is 0.0649. The Morgan fingerprint density at radius 3 is 1.97 bits per heavy atom. The minimum atomic E-state index is -1.09. The fraction of sp³-hybridized carbons (Fsp3) is 0.103. The van der Waals surface area contributed by atoms with Crippen LogP contribution in [0.15, 0.2) is 97.1 Å². The van der Waals surface area contributed by atoms with Crippen LogP contribution in [0.1, 0.15) is 28.4 Å². The Balaban J connectivity index is 1.48. The van der Waals surface area contributed by atoms with Gasteiger partial charge in [-0.1, -0.05) is 42.5 Å². The van der Waals surface area contributed by atoms with Crippen molar-refractivity contribution in [2.24, 2.45) is 0 Å². The van der Waals surface area contributed by atoms with Crippen molar-refractivity contribution in [2.75, 3.05) is 4.90 Å². The molecule has 0 unspecified atom stereocenters. The monoisotopic (exact) mass is 467 g/mol. The third-order valence-corrected chi connectivity index (χ3v) is 5.41. The summed E-state index contributed by atoms with van der Waals surface area (Å²) in [6, 6.07) is 29.1. The Labute approximate surface area is 204 Å². The van der Waals surface area contributed by atoms with Gasteiger partial charge in [-0.2, -0.15) is 0 Å². The smallest absolute Gasteiger partial charge is 0.337 e. The van der Waals surface area contributed by atoms with Crippen molar-refractivity contribution in [3.63, 3.8) is 0 Å². The molecule has 6 nitrogen and oxygen atoms in total. The molecule has 0 radical (unpaired) electrons. The summed E-state index contributed by atoms with van der Waals surface area (Å²) in [5.74, 6) is 0.576. The van der Waals surface area contributed by atoms with Crippen LogP contribution in [0.25, 0.3) is 0 Å². The largest absolute Gasteiger partial charge is 0.489 e. The van der Waals surface area contributed by atoms with Crippen LogP contribution in [-0.2, 0) is 11.4 Å². The Morgan fingerprint density at radius 2 is 1.37 bits per heavy atom. The average molecular weight is 468 g/mol. The first-order chi connectivity index (χ1) is 16.9. The maximum atomic E-state index is 12.5. The van der Waals surface area contributed by atoms with Gasteiger partial charge in [-0.15, -0.1) is 0 Å². The van der Waals surface area contributed by atoms with Crippen LogP contribution in [0, 0.1) is 6.92 Å². The molecule has 6 heteroatoms. The number of ether oxygens (including phenoxy) is 2. The van der Waals surface area contributed by atoms with Crippen molar-refractivity contribution in [2.45, 2.75) is 20.5 Å². The van der Waals surface area contributed by atoms with Crippen LogP contribution in [-0.4, -0.2) is 17.0 Å². The SMILES string of the molecule is CC(=O)N(c1ccc(Oc2ccc(OCc3ccccc3)cc2)cc1)c1c(C)cccc1C(=O)O. The van der Waals surface area contributed by atoms with Crippen LogP contribution in [0.3, 0.4) is 0 Å². The van der Waals surface area contributed by atoms with Crippen molar-refractivity contribution >= 4 is 23.3 Å². The molecule has 0 fully saturated rings. The second-order valence-electron chi connectivity index (χ2n) is 7.97. The summed E-state index contributed by atoms with van der Waals surface area (Å²) in [6.07, 6.45) is 0. The molecule has 0 heterocycles.